The lowest BCUT2D eigenvalue weighted by atomic mass is 9.90. The Morgan fingerprint density at radius 3 is 2.35 bits per heavy atom. The molecule has 1 aromatic carbocycles. The lowest BCUT2D eigenvalue weighted by molar-refractivity contribution is -0.143. The summed E-state index contributed by atoms with van der Waals surface area (Å²) in [4.78, 5) is 25.7. The highest BCUT2D eigenvalue weighted by Gasteiger charge is 2.33. The number of carbonyl (C=O) groups excluding carboxylic acids is 1. The second-order valence-corrected chi connectivity index (χ2v) is 6.11. The van der Waals surface area contributed by atoms with Crippen LogP contribution in [0.25, 0.3) is 0 Å². The van der Waals surface area contributed by atoms with Gasteiger partial charge in [-0.25, -0.2) is 0 Å². The van der Waals surface area contributed by atoms with Crippen LogP contribution in [-0.2, 0) is 4.79 Å². The van der Waals surface area contributed by atoms with Crippen molar-refractivity contribution >= 4 is 11.9 Å². The number of hydrogen-bond donors (Lipinski definition) is 1. The van der Waals surface area contributed by atoms with E-state index < -0.39 is 11.9 Å². The number of ether oxygens (including phenoxy) is 2. The van der Waals surface area contributed by atoms with Gasteiger partial charge in [-0.15, -0.1) is 0 Å². The first-order valence-electron chi connectivity index (χ1n) is 7.62. The summed E-state index contributed by atoms with van der Waals surface area (Å²) in [7, 11) is 3.06. The Morgan fingerprint density at radius 1 is 1.17 bits per heavy atom. The second kappa shape index (κ2) is 6.89. The number of hydrogen-bond acceptors (Lipinski definition) is 4. The summed E-state index contributed by atoms with van der Waals surface area (Å²) in [5.74, 6) is -0.310. The number of aliphatic carboxylic acids is 1. The molecule has 1 aromatic rings. The zero-order valence-electron chi connectivity index (χ0n) is 14.0. The third-order valence-electron chi connectivity index (χ3n) is 4.26. The highest BCUT2D eigenvalue weighted by Crippen LogP contribution is 2.32. The van der Waals surface area contributed by atoms with Gasteiger partial charge in [-0.2, -0.15) is 0 Å². The van der Waals surface area contributed by atoms with Crippen molar-refractivity contribution in [3.63, 3.8) is 0 Å². The van der Waals surface area contributed by atoms with Crippen LogP contribution in [0.15, 0.2) is 12.1 Å². The Bertz CT molecular complexity index is 613. The molecule has 2 atom stereocenters. The van der Waals surface area contributed by atoms with Gasteiger partial charge in [-0.05, 0) is 37.0 Å². The molecule has 0 radical (unpaired) electrons. The van der Waals surface area contributed by atoms with Crippen molar-refractivity contribution in [2.75, 3.05) is 27.3 Å². The van der Waals surface area contributed by atoms with E-state index in [0.717, 1.165) is 5.56 Å². The predicted molar refractivity (Wildman–Crippen MR) is 85.1 cm³/mol. The van der Waals surface area contributed by atoms with E-state index in [0.29, 0.717) is 30.0 Å². The monoisotopic (exact) mass is 321 g/mol. The van der Waals surface area contributed by atoms with Gasteiger partial charge in [0, 0.05) is 18.7 Å². The third-order valence-corrected chi connectivity index (χ3v) is 4.26. The largest absolute Gasteiger partial charge is 0.493 e. The molecule has 1 N–H and O–H groups in total. The van der Waals surface area contributed by atoms with Crippen molar-refractivity contribution < 1.29 is 24.2 Å². The lowest BCUT2D eigenvalue weighted by Crippen LogP contribution is -2.45. The van der Waals surface area contributed by atoms with Crippen molar-refractivity contribution in [2.45, 2.75) is 20.3 Å². The summed E-state index contributed by atoms with van der Waals surface area (Å²) in [6, 6.07) is 3.42. The van der Waals surface area contributed by atoms with Crippen molar-refractivity contribution in [2.24, 2.45) is 11.8 Å². The van der Waals surface area contributed by atoms with E-state index >= 15 is 0 Å². The molecule has 1 saturated heterocycles. The second-order valence-electron chi connectivity index (χ2n) is 6.11. The summed E-state index contributed by atoms with van der Waals surface area (Å²) in [6.45, 7) is 4.61. The lowest BCUT2D eigenvalue weighted by Gasteiger charge is -2.35. The Morgan fingerprint density at radius 2 is 1.78 bits per heavy atom. The minimum absolute atomic E-state index is 0.161. The molecule has 6 heteroatoms. The van der Waals surface area contributed by atoms with Gasteiger partial charge >= 0.3 is 5.97 Å². The minimum Gasteiger partial charge on any atom is -0.493 e. The van der Waals surface area contributed by atoms with E-state index in [1.54, 1.807) is 24.1 Å². The summed E-state index contributed by atoms with van der Waals surface area (Å²) < 4.78 is 10.5. The fourth-order valence-corrected chi connectivity index (χ4v) is 3.08. The van der Waals surface area contributed by atoms with E-state index in [-0.39, 0.29) is 18.4 Å². The number of likely N-dealkylation sites (tertiary alicyclic amines) is 1. The topological polar surface area (TPSA) is 76.1 Å². The molecule has 0 aliphatic carbocycles. The molecule has 0 spiro atoms. The number of carboxylic acids is 1. The van der Waals surface area contributed by atoms with Crippen molar-refractivity contribution in [1.82, 2.24) is 4.90 Å². The summed E-state index contributed by atoms with van der Waals surface area (Å²) in [5, 5.41) is 9.26. The number of aryl methyl sites for hydroxylation is 1. The van der Waals surface area contributed by atoms with Crippen LogP contribution in [0.5, 0.6) is 11.5 Å². The molecule has 1 amide bonds. The predicted octanol–water partition coefficient (Wildman–Crippen LogP) is 2.20. The molecule has 6 nitrogen and oxygen atoms in total. The average molecular weight is 321 g/mol. The normalized spacial score (nSPS) is 21.0. The van der Waals surface area contributed by atoms with Crippen molar-refractivity contribution in [3.8, 4) is 11.5 Å². The minimum atomic E-state index is -0.849. The van der Waals surface area contributed by atoms with E-state index in [2.05, 4.69) is 0 Å². The van der Waals surface area contributed by atoms with Gasteiger partial charge in [0.25, 0.3) is 5.91 Å². The molecule has 126 valence electrons. The zero-order valence-corrected chi connectivity index (χ0v) is 14.0. The number of amides is 1. The van der Waals surface area contributed by atoms with Gasteiger partial charge in [-0.1, -0.05) is 6.92 Å². The zero-order chi connectivity index (χ0) is 17.1. The fraction of sp³-hybridized carbons (Fsp3) is 0.529. The van der Waals surface area contributed by atoms with Crippen LogP contribution in [0, 0.1) is 18.8 Å². The summed E-state index contributed by atoms with van der Waals surface area (Å²) in [5.41, 5.74) is 1.29. The molecular formula is C17H23NO5. The maximum Gasteiger partial charge on any atom is 0.308 e. The van der Waals surface area contributed by atoms with Gasteiger partial charge in [0.1, 0.15) is 0 Å². The molecule has 1 heterocycles. The maximum absolute atomic E-state index is 12.8. The molecule has 0 bridgehead atoms. The first kappa shape index (κ1) is 17.1. The number of methoxy groups -OCH3 is 2. The fourth-order valence-electron chi connectivity index (χ4n) is 3.08. The van der Waals surface area contributed by atoms with Crippen molar-refractivity contribution in [1.29, 1.82) is 0 Å². The molecule has 1 fully saturated rings. The average Bonchev–Trinajstić information content (AvgIpc) is 2.53. The molecule has 0 aromatic heterocycles. The van der Waals surface area contributed by atoms with E-state index in [4.69, 9.17) is 9.47 Å². The van der Waals surface area contributed by atoms with Gasteiger partial charge < -0.3 is 19.5 Å². The van der Waals surface area contributed by atoms with E-state index in [9.17, 15) is 14.7 Å². The third kappa shape index (κ3) is 3.57. The van der Waals surface area contributed by atoms with Crippen LogP contribution >= 0.6 is 0 Å². The Labute approximate surface area is 136 Å². The smallest absolute Gasteiger partial charge is 0.308 e. The number of rotatable bonds is 4. The Kier molecular flexibility index (Phi) is 5.13. The standard InChI is InChI=1S/C17H23NO5/c1-10-5-12(17(20)21)9-18(8-10)16(19)13-7-15(23-4)14(22-3)6-11(13)2/h6-7,10,12H,5,8-9H2,1-4H3,(H,20,21). The van der Waals surface area contributed by atoms with Crippen molar-refractivity contribution in [3.05, 3.63) is 23.3 Å². The Hall–Kier alpha value is -2.24. The number of piperidine rings is 1. The summed E-state index contributed by atoms with van der Waals surface area (Å²) in [6.07, 6.45) is 0.601. The molecule has 2 rings (SSSR count). The molecule has 23 heavy (non-hydrogen) atoms. The number of carbonyl (C=O) groups is 2. The first-order chi connectivity index (χ1) is 10.9. The molecule has 1 aliphatic rings. The molecule has 0 saturated carbocycles. The Balaban J connectivity index is 2.30. The van der Waals surface area contributed by atoms with Crippen LogP contribution in [-0.4, -0.2) is 49.2 Å². The number of carboxylic acid groups (broad SMARTS) is 1. The van der Waals surface area contributed by atoms with Crippen LogP contribution in [0.2, 0.25) is 0 Å². The van der Waals surface area contributed by atoms with E-state index in [1.165, 1.54) is 7.11 Å². The SMILES string of the molecule is COc1cc(C)c(C(=O)N2CC(C)CC(C(=O)O)C2)cc1OC. The highest BCUT2D eigenvalue weighted by molar-refractivity contribution is 5.96. The highest BCUT2D eigenvalue weighted by atomic mass is 16.5. The van der Waals surface area contributed by atoms with Gasteiger partial charge in [0.05, 0.1) is 20.1 Å². The molecule has 1 aliphatic heterocycles. The number of benzene rings is 1. The quantitative estimate of drug-likeness (QED) is 0.920. The van der Waals surface area contributed by atoms with Gasteiger partial charge in [-0.3, -0.25) is 9.59 Å². The number of nitrogens with zero attached hydrogens (tertiary/aromatic N) is 1. The van der Waals surface area contributed by atoms with Gasteiger partial charge in [0.15, 0.2) is 11.5 Å². The maximum atomic E-state index is 12.8. The van der Waals surface area contributed by atoms with Gasteiger partial charge in [0.2, 0.25) is 0 Å². The molecular weight excluding hydrogens is 298 g/mol. The first-order valence-corrected chi connectivity index (χ1v) is 7.62. The van der Waals surface area contributed by atoms with Crippen LogP contribution < -0.4 is 9.47 Å². The molecule has 2 unspecified atom stereocenters. The van der Waals surface area contributed by atoms with Crippen LogP contribution in [0.4, 0.5) is 0 Å². The van der Waals surface area contributed by atoms with E-state index in [1.807, 2.05) is 13.8 Å². The summed E-state index contributed by atoms with van der Waals surface area (Å²) >= 11 is 0. The van der Waals surface area contributed by atoms with Crippen LogP contribution in [0.1, 0.15) is 29.3 Å². The van der Waals surface area contributed by atoms with Crippen LogP contribution in [0.3, 0.4) is 0 Å².